The summed E-state index contributed by atoms with van der Waals surface area (Å²) in [4.78, 5) is 8.58. The van der Waals surface area contributed by atoms with Gasteiger partial charge in [0.15, 0.2) is 0 Å². The number of halogens is 1. The molecule has 3 rings (SSSR count). The van der Waals surface area contributed by atoms with E-state index in [2.05, 4.69) is 16.0 Å². The van der Waals surface area contributed by atoms with Crippen LogP contribution in [0.4, 0.5) is 0 Å². The molecule has 1 aromatic carbocycles. The van der Waals surface area contributed by atoms with Crippen LogP contribution < -0.4 is 0 Å². The molecule has 2 aromatic heterocycles. The van der Waals surface area contributed by atoms with Crippen molar-refractivity contribution in [2.45, 2.75) is 0 Å². The fraction of sp³-hybridized carbons (Fsp3) is 0. The largest absolute Gasteiger partial charge is 0.256 e. The van der Waals surface area contributed by atoms with Crippen LogP contribution in [0, 0.1) is 0 Å². The van der Waals surface area contributed by atoms with Crippen molar-refractivity contribution in [2.75, 3.05) is 0 Å². The van der Waals surface area contributed by atoms with E-state index in [9.17, 15) is 0 Å². The van der Waals surface area contributed by atoms with Crippen LogP contribution in [0.3, 0.4) is 0 Å². The molecule has 2 nitrogen and oxygen atoms in total. The standard InChI is InChI=1S/C14H9ClN2/c15-14-5-1-4-13(17-14)11-6-7-12-10(9-11)3-2-8-16-12/h1-9H. The van der Waals surface area contributed by atoms with E-state index in [0.29, 0.717) is 5.15 Å². The Morgan fingerprint density at radius 1 is 0.941 bits per heavy atom. The van der Waals surface area contributed by atoms with Crippen molar-refractivity contribution in [3.63, 3.8) is 0 Å². The van der Waals surface area contributed by atoms with Crippen LogP contribution in [-0.2, 0) is 0 Å². The van der Waals surface area contributed by atoms with Crippen LogP contribution >= 0.6 is 11.6 Å². The lowest BCUT2D eigenvalue weighted by atomic mass is 10.1. The highest BCUT2D eigenvalue weighted by Gasteiger charge is 2.01. The summed E-state index contributed by atoms with van der Waals surface area (Å²) >= 11 is 5.89. The number of nitrogens with zero attached hydrogens (tertiary/aromatic N) is 2. The van der Waals surface area contributed by atoms with E-state index in [1.165, 1.54) is 0 Å². The van der Waals surface area contributed by atoms with E-state index < -0.39 is 0 Å². The summed E-state index contributed by atoms with van der Waals surface area (Å²) in [6, 6.07) is 15.7. The predicted octanol–water partition coefficient (Wildman–Crippen LogP) is 3.95. The lowest BCUT2D eigenvalue weighted by Crippen LogP contribution is -1.84. The highest BCUT2D eigenvalue weighted by Crippen LogP contribution is 2.22. The zero-order valence-electron chi connectivity index (χ0n) is 8.97. The Morgan fingerprint density at radius 2 is 1.88 bits per heavy atom. The molecule has 0 aliphatic heterocycles. The Hall–Kier alpha value is -1.93. The number of rotatable bonds is 1. The first kappa shape index (κ1) is 10.2. The third-order valence-corrected chi connectivity index (χ3v) is 2.82. The smallest absolute Gasteiger partial charge is 0.129 e. The van der Waals surface area contributed by atoms with Crippen molar-refractivity contribution in [3.8, 4) is 11.3 Å². The summed E-state index contributed by atoms with van der Waals surface area (Å²) in [6.07, 6.45) is 1.79. The topological polar surface area (TPSA) is 25.8 Å². The van der Waals surface area contributed by atoms with Crippen molar-refractivity contribution < 1.29 is 0 Å². The van der Waals surface area contributed by atoms with Gasteiger partial charge in [0.1, 0.15) is 5.15 Å². The molecule has 0 N–H and O–H groups in total. The molecule has 0 fully saturated rings. The maximum atomic E-state index is 5.89. The molecule has 0 aliphatic rings. The molecule has 0 saturated carbocycles. The van der Waals surface area contributed by atoms with Crippen LogP contribution in [-0.4, -0.2) is 9.97 Å². The van der Waals surface area contributed by atoms with Gasteiger partial charge in [-0.05, 0) is 30.3 Å². The Balaban J connectivity index is 2.18. The van der Waals surface area contributed by atoms with E-state index in [0.717, 1.165) is 22.2 Å². The van der Waals surface area contributed by atoms with Crippen LogP contribution in [0.2, 0.25) is 5.15 Å². The first-order valence-corrected chi connectivity index (χ1v) is 5.68. The molecule has 0 bridgehead atoms. The average Bonchev–Trinajstić information content (AvgIpc) is 2.38. The summed E-state index contributed by atoms with van der Waals surface area (Å²) in [7, 11) is 0. The van der Waals surface area contributed by atoms with Crippen molar-refractivity contribution in [1.29, 1.82) is 0 Å². The minimum Gasteiger partial charge on any atom is -0.256 e. The molecule has 0 atom stereocenters. The van der Waals surface area contributed by atoms with Crippen LogP contribution in [0.5, 0.6) is 0 Å². The van der Waals surface area contributed by atoms with Gasteiger partial charge in [0.05, 0.1) is 11.2 Å². The number of hydrogen-bond acceptors (Lipinski definition) is 2. The van der Waals surface area contributed by atoms with Crippen molar-refractivity contribution in [1.82, 2.24) is 9.97 Å². The summed E-state index contributed by atoms with van der Waals surface area (Å²) < 4.78 is 0. The molecule has 0 saturated heterocycles. The lowest BCUT2D eigenvalue weighted by molar-refractivity contribution is 1.33. The van der Waals surface area contributed by atoms with E-state index in [1.807, 2.05) is 36.4 Å². The monoisotopic (exact) mass is 240 g/mol. The molecular formula is C14H9ClN2. The summed E-state index contributed by atoms with van der Waals surface area (Å²) in [5.41, 5.74) is 2.91. The maximum absolute atomic E-state index is 5.89. The molecule has 17 heavy (non-hydrogen) atoms. The molecule has 3 aromatic rings. The zero-order valence-corrected chi connectivity index (χ0v) is 9.72. The normalized spacial score (nSPS) is 10.6. The van der Waals surface area contributed by atoms with Gasteiger partial charge in [-0.2, -0.15) is 0 Å². The van der Waals surface area contributed by atoms with Gasteiger partial charge in [-0.15, -0.1) is 0 Å². The highest BCUT2D eigenvalue weighted by atomic mass is 35.5. The minimum atomic E-state index is 0.508. The van der Waals surface area contributed by atoms with Gasteiger partial charge in [0, 0.05) is 17.1 Å². The van der Waals surface area contributed by atoms with E-state index in [4.69, 9.17) is 11.6 Å². The predicted molar refractivity (Wildman–Crippen MR) is 70.0 cm³/mol. The fourth-order valence-corrected chi connectivity index (χ4v) is 1.97. The second-order valence-electron chi connectivity index (χ2n) is 3.76. The first-order chi connectivity index (χ1) is 8.33. The number of benzene rings is 1. The lowest BCUT2D eigenvalue weighted by Gasteiger charge is -2.03. The second kappa shape index (κ2) is 4.15. The van der Waals surface area contributed by atoms with Crippen molar-refractivity contribution >= 4 is 22.5 Å². The van der Waals surface area contributed by atoms with Crippen LogP contribution in [0.15, 0.2) is 54.7 Å². The molecule has 0 spiro atoms. The molecular weight excluding hydrogens is 232 g/mol. The Kier molecular flexibility index (Phi) is 2.50. The second-order valence-corrected chi connectivity index (χ2v) is 4.14. The van der Waals surface area contributed by atoms with Gasteiger partial charge in [-0.1, -0.05) is 29.8 Å². The summed E-state index contributed by atoms with van der Waals surface area (Å²) in [5, 5.41) is 1.61. The Morgan fingerprint density at radius 3 is 2.76 bits per heavy atom. The Labute approximate surface area is 104 Å². The molecule has 0 aliphatic carbocycles. The Bertz CT molecular complexity index is 680. The number of fused-ring (bicyclic) bond motifs is 1. The third kappa shape index (κ3) is 1.99. The van der Waals surface area contributed by atoms with Crippen molar-refractivity contribution in [3.05, 3.63) is 59.9 Å². The average molecular weight is 241 g/mol. The molecule has 82 valence electrons. The van der Waals surface area contributed by atoms with Crippen LogP contribution in [0.1, 0.15) is 0 Å². The number of hydrogen-bond donors (Lipinski definition) is 0. The molecule has 0 amide bonds. The van der Waals surface area contributed by atoms with Crippen LogP contribution in [0.25, 0.3) is 22.2 Å². The van der Waals surface area contributed by atoms with E-state index in [-0.39, 0.29) is 0 Å². The van der Waals surface area contributed by atoms with E-state index in [1.54, 1.807) is 12.3 Å². The van der Waals surface area contributed by atoms with Gasteiger partial charge in [-0.3, -0.25) is 4.98 Å². The summed E-state index contributed by atoms with van der Waals surface area (Å²) in [6.45, 7) is 0. The number of aromatic nitrogens is 2. The van der Waals surface area contributed by atoms with E-state index >= 15 is 0 Å². The molecule has 0 radical (unpaired) electrons. The first-order valence-electron chi connectivity index (χ1n) is 5.31. The summed E-state index contributed by atoms with van der Waals surface area (Å²) in [5.74, 6) is 0. The SMILES string of the molecule is Clc1cccc(-c2ccc3ncccc3c2)n1. The molecule has 3 heteroatoms. The highest BCUT2D eigenvalue weighted by molar-refractivity contribution is 6.29. The zero-order chi connectivity index (χ0) is 11.7. The maximum Gasteiger partial charge on any atom is 0.129 e. The minimum absolute atomic E-state index is 0.508. The fourth-order valence-electron chi connectivity index (χ4n) is 1.80. The molecule has 2 heterocycles. The van der Waals surface area contributed by atoms with Gasteiger partial charge in [0.2, 0.25) is 0 Å². The molecule has 0 unspecified atom stereocenters. The van der Waals surface area contributed by atoms with Gasteiger partial charge >= 0.3 is 0 Å². The number of pyridine rings is 2. The van der Waals surface area contributed by atoms with Gasteiger partial charge in [0.25, 0.3) is 0 Å². The third-order valence-electron chi connectivity index (χ3n) is 2.61. The van der Waals surface area contributed by atoms with Gasteiger partial charge < -0.3 is 0 Å². The van der Waals surface area contributed by atoms with Crippen molar-refractivity contribution in [2.24, 2.45) is 0 Å². The van der Waals surface area contributed by atoms with Gasteiger partial charge in [-0.25, -0.2) is 4.98 Å². The quantitative estimate of drug-likeness (QED) is 0.602.